The lowest BCUT2D eigenvalue weighted by Gasteiger charge is -2.38. The minimum atomic E-state index is -1.99. The number of ketones is 1. The van der Waals surface area contributed by atoms with Gasteiger partial charge in [-0.15, -0.1) is 0 Å². The molecule has 16 heteroatoms. The van der Waals surface area contributed by atoms with E-state index in [0.717, 1.165) is 12.8 Å². The number of aliphatic hydroxyl groups excluding tert-OH is 3. The number of benzene rings is 3. The first-order chi connectivity index (χ1) is 29.5. The molecule has 1 saturated heterocycles. The number of carbonyl (C=O) groups excluding carboxylic acids is 2. The molecule has 330 valence electrons. The summed E-state index contributed by atoms with van der Waals surface area (Å²) >= 11 is 0. The Morgan fingerprint density at radius 3 is 2.37 bits per heavy atom. The maximum Gasteiger partial charge on any atom is 0.312 e. The SMILES string of the molecule is CNC1CCN(c2cc(O)c3nc4c5c6c7c(C)c8c5c(=O)c(c-4oc3c2)NC(=O)/C(C)=C\C=C\[C@H](C)[C@H](O)[C@@H](C)[C@@H](O)[C@@H](O8)[C@H](O)[C@H](C)[C@@H](OC)/C=C/O[C@@](C)(O7)C6=O)CC1. The number of Topliss-reactive ketones (excluding diaryl/α,β-unsaturated/α-hetero) is 1. The van der Waals surface area contributed by atoms with Gasteiger partial charge in [0.15, 0.2) is 17.4 Å². The number of aliphatic hydroxyl groups is 3. The maximum atomic E-state index is 15.4. The number of rotatable bonds is 3. The fourth-order valence-electron chi connectivity index (χ4n) is 9.14. The normalized spacial score (nSPS) is 31.6. The van der Waals surface area contributed by atoms with Gasteiger partial charge in [0.05, 0.1) is 41.6 Å². The van der Waals surface area contributed by atoms with Crippen LogP contribution in [0.15, 0.2) is 57.5 Å². The third-order valence-electron chi connectivity index (χ3n) is 13.2. The van der Waals surface area contributed by atoms with Gasteiger partial charge in [0.25, 0.3) is 11.7 Å². The Bertz CT molecular complexity index is 2580. The summed E-state index contributed by atoms with van der Waals surface area (Å²) in [6, 6.07) is 3.65. The Kier molecular flexibility index (Phi) is 11.3. The van der Waals surface area contributed by atoms with E-state index < -0.39 is 71.2 Å². The molecule has 6 bridgehead atoms. The number of carbonyl (C=O) groups is 2. The van der Waals surface area contributed by atoms with Crippen LogP contribution in [0.1, 0.15) is 63.4 Å². The lowest BCUT2D eigenvalue weighted by molar-refractivity contribution is -0.115. The molecule has 0 unspecified atom stereocenters. The van der Waals surface area contributed by atoms with Crippen LogP contribution in [0.25, 0.3) is 33.3 Å². The van der Waals surface area contributed by atoms with Crippen LogP contribution in [0, 0.1) is 24.7 Å². The van der Waals surface area contributed by atoms with Crippen LogP contribution in [-0.4, -0.2) is 107 Å². The molecule has 5 heterocycles. The number of hydrogen-bond donors (Lipinski definition) is 6. The highest BCUT2D eigenvalue weighted by Crippen LogP contribution is 2.52. The van der Waals surface area contributed by atoms with Crippen molar-refractivity contribution in [1.29, 1.82) is 0 Å². The van der Waals surface area contributed by atoms with E-state index in [1.54, 1.807) is 58.9 Å². The fraction of sp³-hybridized carbons (Fsp3) is 0.478. The third-order valence-corrected chi connectivity index (χ3v) is 13.2. The molecular weight excluding hydrogens is 801 g/mol. The molecule has 0 aromatic heterocycles. The van der Waals surface area contributed by atoms with Crippen LogP contribution in [-0.2, 0) is 14.3 Å². The Labute approximate surface area is 358 Å². The van der Waals surface area contributed by atoms with Crippen molar-refractivity contribution in [3.05, 3.63) is 69.6 Å². The molecule has 2 aromatic rings. The Hall–Kier alpha value is -5.52. The van der Waals surface area contributed by atoms with Crippen LogP contribution in [0.5, 0.6) is 17.2 Å². The number of allylic oxidation sites excluding steroid dienone is 2. The van der Waals surface area contributed by atoms with Gasteiger partial charge in [-0.25, -0.2) is 4.98 Å². The second kappa shape index (κ2) is 16.3. The molecule has 8 rings (SSSR count). The zero-order valence-corrected chi connectivity index (χ0v) is 36.0. The molecule has 2 aromatic carbocycles. The van der Waals surface area contributed by atoms with Crippen molar-refractivity contribution < 1.29 is 53.4 Å². The number of aromatic nitrogens is 1. The van der Waals surface area contributed by atoms with E-state index in [9.17, 15) is 30.0 Å². The fourth-order valence-corrected chi connectivity index (χ4v) is 9.14. The standard InChI is InChI=1S/C46H54N4O12/c1-20-10-9-11-21(2)45(57)49-35-39(55)31-30(34-42(35)60-29-19-26(18-27(51)33(29)48-34)50-15-12-25(47-7)13-16-50)32-41-24(5)40(31)61-43(38(54)23(4)36(20)52)37(53)22(3)28(58-8)14-17-59-46(6,62-41)44(32)56/h9-11,14,17-20,22-23,25,28,36-38,43,47,51-54H,12-13,15-16H2,1-8H3,(H,49,57)/b10-9+,17-14+,21-11-/t20-,22+,23+,28-,36-,37+,38+,43-,46-/m0/s1. The number of amides is 1. The number of phenols is 1. The summed E-state index contributed by atoms with van der Waals surface area (Å²) in [7, 11) is 3.35. The highest BCUT2D eigenvalue weighted by molar-refractivity contribution is 6.22. The molecule has 62 heavy (non-hydrogen) atoms. The monoisotopic (exact) mass is 854 g/mol. The van der Waals surface area contributed by atoms with Crippen molar-refractivity contribution in [2.24, 2.45) is 17.8 Å². The molecular formula is C46H54N4O12. The van der Waals surface area contributed by atoms with Crippen molar-refractivity contribution in [3.63, 3.8) is 0 Å². The van der Waals surface area contributed by atoms with Crippen LogP contribution < -0.4 is 30.4 Å². The average molecular weight is 855 g/mol. The number of nitrogens with zero attached hydrogens (tertiary/aromatic N) is 2. The van der Waals surface area contributed by atoms with E-state index in [2.05, 4.69) is 15.5 Å². The number of fused-ring (bicyclic) bond motifs is 8. The van der Waals surface area contributed by atoms with Crippen molar-refractivity contribution in [2.75, 3.05) is 37.5 Å². The molecule has 6 aliphatic rings. The van der Waals surface area contributed by atoms with Crippen LogP contribution >= 0.6 is 0 Å². The van der Waals surface area contributed by atoms with Gasteiger partial charge in [0, 0.05) is 85.3 Å². The first-order valence-electron chi connectivity index (χ1n) is 21.0. The Balaban J connectivity index is 1.49. The summed E-state index contributed by atoms with van der Waals surface area (Å²) in [5, 5.41) is 53.3. The minimum Gasteiger partial charge on any atom is -0.505 e. The molecule has 1 amide bonds. The first-order valence-corrected chi connectivity index (χ1v) is 21.0. The number of anilines is 2. The predicted octanol–water partition coefficient (Wildman–Crippen LogP) is 4.69. The second-order valence-corrected chi connectivity index (χ2v) is 17.2. The molecule has 1 aliphatic carbocycles. The van der Waals surface area contributed by atoms with Gasteiger partial charge in [-0.05, 0) is 39.8 Å². The highest BCUT2D eigenvalue weighted by atomic mass is 16.7. The van der Waals surface area contributed by atoms with E-state index in [-0.39, 0.29) is 73.0 Å². The number of methoxy groups -OCH3 is 1. The molecule has 16 nitrogen and oxygen atoms in total. The number of piperidine rings is 1. The van der Waals surface area contributed by atoms with E-state index in [1.165, 1.54) is 32.4 Å². The largest absolute Gasteiger partial charge is 0.505 e. The molecule has 0 saturated carbocycles. The summed E-state index contributed by atoms with van der Waals surface area (Å²) in [5.74, 6) is -6.29. The van der Waals surface area contributed by atoms with Gasteiger partial charge in [-0.2, -0.15) is 0 Å². The Morgan fingerprint density at radius 1 is 0.968 bits per heavy atom. The van der Waals surface area contributed by atoms with E-state index in [1.807, 2.05) is 7.05 Å². The van der Waals surface area contributed by atoms with E-state index >= 15 is 4.79 Å². The van der Waals surface area contributed by atoms with Gasteiger partial charge in [0.1, 0.15) is 34.1 Å². The molecule has 6 N–H and O–H groups in total. The quantitative estimate of drug-likeness (QED) is 0.122. The Morgan fingerprint density at radius 2 is 1.68 bits per heavy atom. The summed E-state index contributed by atoms with van der Waals surface area (Å²) in [6.45, 7) is 11.0. The molecule has 0 radical (unpaired) electrons. The number of hydrogen-bond acceptors (Lipinski definition) is 15. The van der Waals surface area contributed by atoms with E-state index in [4.69, 9.17) is 28.3 Å². The topological polar surface area (TPSA) is 222 Å². The third kappa shape index (κ3) is 7.07. The average Bonchev–Trinajstić information content (AvgIpc) is 3.53. The smallest absolute Gasteiger partial charge is 0.312 e. The summed E-state index contributed by atoms with van der Waals surface area (Å²) in [6.07, 6.45) is 2.65. The van der Waals surface area contributed by atoms with Crippen molar-refractivity contribution in [2.45, 2.75) is 96.7 Å². The lowest BCUT2D eigenvalue weighted by Crippen LogP contribution is -2.52. The molecule has 1 fully saturated rings. The van der Waals surface area contributed by atoms with E-state index in [0.29, 0.717) is 24.8 Å². The van der Waals surface area contributed by atoms with Gasteiger partial charge in [0.2, 0.25) is 5.43 Å². The number of phenolic OH excluding ortho intramolecular Hbond substituents is 1. The second-order valence-electron chi connectivity index (χ2n) is 17.2. The zero-order chi connectivity index (χ0) is 44.5. The summed E-state index contributed by atoms with van der Waals surface area (Å²) in [4.78, 5) is 51.3. The van der Waals surface area contributed by atoms with Gasteiger partial charge < -0.3 is 59.3 Å². The van der Waals surface area contributed by atoms with Crippen LogP contribution in [0.4, 0.5) is 11.4 Å². The summed E-state index contributed by atoms with van der Waals surface area (Å²) < 4.78 is 31.4. The first kappa shape index (κ1) is 43.1. The number of nitrogens with one attached hydrogen (secondary N) is 2. The minimum absolute atomic E-state index is 0.00605. The van der Waals surface area contributed by atoms with Gasteiger partial charge >= 0.3 is 5.79 Å². The van der Waals surface area contributed by atoms with Crippen LogP contribution in [0.3, 0.4) is 0 Å². The maximum absolute atomic E-state index is 15.4. The van der Waals surface area contributed by atoms with Crippen LogP contribution in [0.2, 0.25) is 0 Å². The lowest BCUT2D eigenvalue weighted by atomic mass is 9.82. The zero-order valence-electron chi connectivity index (χ0n) is 36.0. The molecule has 9 atom stereocenters. The van der Waals surface area contributed by atoms with Crippen molar-refractivity contribution in [3.8, 4) is 28.7 Å². The number of aromatic hydroxyl groups is 1. The molecule has 0 spiro atoms. The summed E-state index contributed by atoms with van der Waals surface area (Å²) in [5.41, 5.74) is -0.273. The van der Waals surface area contributed by atoms with Gasteiger partial charge in [-0.1, -0.05) is 39.0 Å². The van der Waals surface area contributed by atoms with Crippen molar-refractivity contribution in [1.82, 2.24) is 10.3 Å². The van der Waals surface area contributed by atoms with Crippen molar-refractivity contribution >= 4 is 44.9 Å². The highest BCUT2D eigenvalue weighted by Gasteiger charge is 2.51. The molecule has 5 aliphatic heterocycles. The van der Waals surface area contributed by atoms with Gasteiger partial charge in [-0.3, -0.25) is 14.4 Å². The number of ether oxygens (including phenoxy) is 4. The predicted molar refractivity (Wildman–Crippen MR) is 231 cm³/mol.